The lowest BCUT2D eigenvalue weighted by Gasteiger charge is -2.40. The predicted octanol–water partition coefficient (Wildman–Crippen LogP) is 0.171. The molecule has 1 saturated heterocycles. The summed E-state index contributed by atoms with van der Waals surface area (Å²) in [7, 11) is 1.15. The van der Waals surface area contributed by atoms with Crippen molar-refractivity contribution in [2.75, 3.05) is 26.9 Å². The third-order valence-corrected chi connectivity index (χ3v) is 4.79. The van der Waals surface area contributed by atoms with Crippen LogP contribution >= 0.6 is 0 Å². The zero-order valence-electron chi connectivity index (χ0n) is 21.1. The van der Waals surface area contributed by atoms with Gasteiger partial charge in [-0.05, 0) is 33.8 Å². The largest absolute Gasteiger partial charge is 0.508 e. The summed E-state index contributed by atoms with van der Waals surface area (Å²) in [6.45, 7) is 7.14. The number of carbonyl (C=O) groups excluding carboxylic acids is 4. The number of nitrogens with zero attached hydrogens (tertiary/aromatic N) is 1. The van der Waals surface area contributed by atoms with Crippen molar-refractivity contribution in [3.63, 3.8) is 0 Å². The van der Waals surface area contributed by atoms with Crippen molar-refractivity contribution in [3.8, 4) is 0 Å². The Hall–Kier alpha value is -3.39. The molecule has 0 aromatic rings. The van der Waals surface area contributed by atoms with E-state index in [1.54, 1.807) is 20.8 Å². The number of aliphatic imine (C=N–C) groups is 1. The van der Waals surface area contributed by atoms with Crippen molar-refractivity contribution in [1.29, 1.82) is 0 Å². The standard InChI is InChI=1S/C22H33N3O11/c1-11(24-20(29)36-22(3,4)5)23-13-9-14(19(28)31-6)34-18(16(13)25-12(2)27)17(32-8-7-26)15-10-33-21(30)35-15/h9,13,15-18,26H,7-8,10H2,1-6H3,(H,25,27)(H,23,24,29)/t13-,15+,16+,17+,18+/m0/s1. The number of carbonyl (C=O) groups is 4. The Balaban J connectivity index is 2.47. The van der Waals surface area contributed by atoms with Crippen LogP contribution in [0.5, 0.6) is 0 Å². The third kappa shape index (κ3) is 8.37. The van der Waals surface area contributed by atoms with E-state index in [-0.39, 0.29) is 31.4 Å². The number of amides is 2. The van der Waals surface area contributed by atoms with Gasteiger partial charge in [-0.25, -0.2) is 14.4 Å². The minimum Gasteiger partial charge on any atom is -0.478 e. The van der Waals surface area contributed by atoms with Crippen LogP contribution in [0.3, 0.4) is 0 Å². The van der Waals surface area contributed by atoms with Gasteiger partial charge < -0.3 is 38.8 Å². The molecule has 3 N–H and O–H groups in total. The van der Waals surface area contributed by atoms with E-state index in [1.807, 2.05) is 0 Å². The highest BCUT2D eigenvalue weighted by Crippen LogP contribution is 2.29. The Morgan fingerprint density at radius 2 is 1.94 bits per heavy atom. The second-order valence-corrected chi connectivity index (χ2v) is 8.94. The zero-order valence-corrected chi connectivity index (χ0v) is 21.1. The lowest BCUT2D eigenvalue weighted by molar-refractivity contribution is -0.152. The summed E-state index contributed by atoms with van der Waals surface area (Å²) in [4.78, 5) is 52.7. The molecule has 2 rings (SSSR count). The maximum absolute atomic E-state index is 12.4. The van der Waals surface area contributed by atoms with Crippen molar-refractivity contribution in [1.82, 2.24) is 10.6 Å². The van der Waals surface area contributed by atoms with Crippen LogP contribution in [0.15, 0.2) is 16.8 Å². The first kappa shape index (κ1) is 28.8. The monoisotopic (exact) mass is 515 g/mol. The van der Waals surface area contributed by atoms with Gasteiger partial charge in [-0.15, -0.1) is 0 Å². The molecule has 0 unspecified atom stereocenters. The smallest absolute Gasteiger partial charge is 0.478 e. The number of hydrogen-bond donors (Lipinski definition) is 3. The van der Waals surface area contributed by atoms with E-state index in [0.29, 0.717) is 0 Å². The van der Waals surface area contributed by atoms with E-state index in [0.717, 1.165) is 7.11 Å². The van der Waals surface area contributed by atoms with Gasteiger partial charge in [0.2, 0.25) is 11.7 Å². The van der Waals surface area contributed by atoms with Crippen LogP contribution in [0, 0.1) is 0 Å². The van der Waals surface area contributed by atoms with E-state index < -0.39 is 60.1 Å². The number of alkyl carbamates (subject to hydrolysis) is 1. The van der Waals surface area contributed by atoms with Crippen LogP contribution in [0.25, 0.3) is 0 Å². The quantitative estimate of drug-likeness (QED) is 0.174. The summed E-state index contributed by atoms with van der Waals surface area (Å²) in [6, 6.07) is -1.93. The van der Waals surface area contributed by atoms with Gasteiger partial charge in [0.1, 0.15) is 24.1 Å². The molecule has 0 aromatic carbocycles. The maximum Gasteiger partial charge on any atom is 0.508 e. The van der Waals surface area contributed by atoms with Gasteiger partial charge in [0.05, 0.1) is 32.4 Å². The van der Waals surface area contributed by atoms with Gasteiger partial charge >= 0.3 is 18.2 Å². The van der Waals surface area contributed by atoms with Crippen LogP contribution in [0.2, 0.25) is 0 Å². The number of hydrogen-bond acceptors (Lipinski definition) is 12. The number of aliphatic hydroxyl groups is 1. The highest BCUT2D eigenvalue weighted by atomic mass is 16.8. The van der Waals surface area contributed by atoms with E-state index >= 15 is 0 Å². The molecule has 14 nitrogen and oxygen atoms in total. The first-order valence-electron chi connectivity index (χ1n) is 11.2. The number of esters is 1. The molecule has 14 heteroatoms. The highest BCUT2D eigenvalue weighted by Gasteiger charge is 2.48. The Morgan fingerprint density at radius 3 is 2.47 bits per heavy atom. The summed E-state index contributed by atoms with van der Waals surface area (Å²) >= 11 is 0. The van der Waals surface area contributed by atoms with Crippen molar-refractivity contribution in [2.24, 2.45) is 4.99 Å². The van der Waals surface area contributed by atoms with E-state index in [1.165, 1.54) is 19.9 Å². The summed E-state index contributed by atoms with van der Waals surface area (Å²) in [5, 5.41) is 14.5. The molecule has 2 amide bonds. The van der Waals surface area contributed by atoms with Gasteiger partial charge in [0.25, 0.3) is 0 Å². The minimum atomic E-state index is -1.15. The Morgan fingerprint density at radius 1 is 1.25 bits per heavy atom. The summed E-state index contributed by atoms with van der Waals surface area (Å²) in [5.41, 5.74) is -0.747. The van der Waals surface area contributed by atoms with Crippen LogP contribution in [0.4, 0.5) is 9.59 Å². The van der Waals surface area contributed by atoms with Gasteiger partial charge in [-0.1, -0.05) is 0 Å². The number of cyclic esters (lactones) is 2. The summed E-state index contributed by atoms with van der Waals surface area (Å²) in [5.74, 6) is -1.42. The van der Waals surface area contributed by atoms with E-state index in [4.69, 9.17) is 28.4 Å². The molecule has 0 spiro atoms. The Bertz CT molecular complexity index is 896. The number of rotatable bonds is 8. The molecule has 2 heterocycles. The minimum absolute atomic E-state index is 0.120. The van der Waals surface area contributed by atoms with Crippen LogP contribution in [0.1, 0.15) is 34.6 Å². The molecule has 5 atom stereocenters. The Kier molecular flexibility index (Phi) is 10.0. The molecule has 0 bridgehead atoms. The predicted molar refractivity (Wildman–Crippen MR) is 122 cm³/mol. The fraction of sp³-hybridized carbons (Fsp3) is 0.682. The van der Waals surface area contributed by atoms with Crippen LogP contribution < -0.4 is 10.6 Å². The Labute approximate surface area is 208 Å². The molecule has 0 aromatic heterocycles. The van der Waals surface area contributed by atoms with Gasteiger partial charge in [-0.2, -0.15) is 0 Å². The maximum atomic E-state index is 12.4. The molecule has 0 saturated carbocycles. The van der Waals surface area contributed by atoms with E-state index in [2.05, 4.69) is 15.6 Å². The molecule has 2 aliphatic rings. The summed E-state index contributed by atoms with van der Waals surface area (Å²) < 4.78 is 31.6. The second kappa shape index (κ2) is 12.5. The molecule has 0 aliphatic carbocycles. The first-order valence-corrected chi connectivity index (χ1v) is 11.2. The van der Waals surface area contributed by atoms with Crippen LogP contribution in [-0.4, -0.2) is 98.0 Å². The van der Waals surface area contributed by atoms with Gasteiger partial charge in [0, 0.05) is 6.92 Å². The third-order valence-electron chi connectivity index (χ3n) is 4.79. The zero-order chi connectivity index (χ0) is 27.0. The molecule has 1 fully saturated rings. The number of ether oxygens (including phenoxy) is 6. The molecule has 36 heavy (non-hydrogen) atoms. The lowest BCUT2D eigenvalue weighted by atomic mass is 9.92. The van der Waals surface area contributed by atoms with Crippen molar-refractivity contribution < 1.29 is 52.7 Å². The van der Waals surface area contributed by atoms with Crippen molar-refractivity contribution in [2.45, 2.75) is 70.6 Å². The topological polar surface area (TPSA) is 180 Å². The first-order chi connectivity index (χ1) is 16.8. The number of amidine groups is 1. The van der Waals surface area contributed by atoms with Crippen molar-refractivity contribution >= 4 is 30.0 Å². The van der Waals surface area contributed by atoms with Gasteiger partial charge in [-0.3, -0.25) is 15.1 Å². The SMILES string of the molecule is COC(=O)C1=C[C@H](N=C(C)NC(=O)OC(C)(C)C)[C@@H](NC(C)=O)[C@H]([C@H](OCCO)[C@H]2COC(=O)O2)O1. The number of methoxy groups -OCH3 is 1. The molecule has 0 radical (unpaired) electrons. The average molecular weight is 516 g/mol. The number of aliphatic hydroxyl groups excluding tert-OH is 1. The fourth-order valence-electron chi connectivity index (χ4n) is 3.53. The summed E-state index contributed by atoms with van der Waals surface area (Å²) in [6.07, 6.45) is -3.58. The fourth-order valence-corrected chi connectivity index (χ4v) is 3.53. The average Bonchev–Trinajstić information content (AvgIpc) is 3.19. The molecule has 202 valence electrons. The number of nitrogens with one attached hydrogen (secondary N) is 2. The molecule has 2 aliphatic heterocycles. The van der Waals surface area contributed by atoms with Crippen molar-refractivity contribution in [3.05, 3.63) is 11.8 Å². The van der Waals surface area contributed by atoms with Crippen LogP contribution in [-0.2, 0) is 38.0 Å². The molecular formula is C22H33N3O11. The van der Waals surface area contributed by atoms with E-state index in [9.17, 15) is 24.3 Å². The normalized spacial score (nSPS) is 24.9. The highest BCUT2D eigenvalue weighted by molar-refractivity contribution is 5.94. The second-order valence-electron chi connectivity index (χ2n) is 8.94. The van der Waals surface area contributed by atoms with Gasteiger partial charge in [0.15, 0.2) is 12.2 Å². The lowest BCUT2D eigenvalue weighted by Crippen LogP contribution is -2.60. The molecular weight excluding hydrogens is 482 g/mol.